The summed E-state index contributed by atoms with van der Waals surface area (Å²) in [6.07, 6.45) is 0.524. The summed E-state index contributed by atoms with van der Waals surface area (Å²) in [6, 6.07) is 0. The summed E-state index contributed by atoms with van der Waals surface area (Å²) in [5.41, 5.74) is -1.03. The van der Waals surface area contributed by atoms with Crippen LogP contribution in [0.15, 0.2) is 0 Å². The Morgan fingerprint density at radius 2 is 1.73 bits per heavy atom. The molecule has 1 aliphatic carbocycles. The molecule has 0 bridgehead atoms. The molecule has 15 heavy (non-hydrogen) atoms. The number of hydrogen-bond acceptors (Lipinski definition) is 4. The molecular formula is C10H15BrO4. The normalized spacial score (nSPS) is 21.9. The minimum absolute atomic E-state index is 0.00981. The second-order valence-corrected chi connectivity index (χ2v) is 4.12. The fourth-order valence-electron chi connectivity index (χ4n) is 1.62. The Balaban J connectivity index is 2.73. The van der Waals surface area contributed by atoms with Crippen molar-refractivity contribution >= 4 is 27.9 Å². The Kier molecular flexibility index (Phi) is 4.13. The van der Waals surface area contributed by atoms with Gasteiger partial charge in [0.1, 0.15) is 0 Å². The van der Waals surface area contributed by atoms with Crippen molar-refractivity contribution in [3.05, 3.63) is 0 Å². The molecular weight excluding hydrogens is 264 g/mol. The van der Waals surface area contributed by atoms with E-state index in [1.165, 1.54) is 0 Å². The maximum Gasteiger partial charge on any atom is 0.323 e. The molecule has 86 valence electrons. The largest absolute Gasteiger partial charge is 0.465 e. The van der Waals surface area contributed by atoms with Crippen LogP contribution in [0.3, 0.4) is 0 Å². The van der Waals surface area contributed by atoms with Gasteiger partial charge in [-0.25, -0.2) is 0 Å². The molecule has 0 spiro atoms. The standard InChI is InChI=1S/C10H15BrO4/c1-3-14-8(12)10(5-7(10)6-11)9(13)15-4-2/h7H,3-6H2,1-2H3/t7-/m0/s1. The lowest BCUT2D eigenvalue weighted by Crippen LogP contribution is -2.32. The number of esters is 2. The van der Waals surface area contributed by atoms with Gasteiger partial charge in [0.05, 0.1) is 13.2 Å². The lowest BCUT2D eigenvalue weighted by Gasteiger charge is -2.13. The summed E-state index contributed by atoms with van der Waals surface area (Å²) in [5, 5.41) is 0.616. The van der Waals surface area contributed by atoms with Crippen LogP contribution in [0.5, 0.6) is 0 Å². The second kappa shape index (κ2) is 4.96. The maximum atomic E-state index is 11.7. The van der Waals surface area contributed by atoms with Crippen molar-refractivity contribution in [2.75, 3.05) is 18.5 Å². The first kappa shape index (κ1) is 12.5. The average molecular weight is 279 g/mol. The molecule has 1 rings (SSSR count). The molecule has 1 atom stereocenters. The molecule has 0 saturated heterocycles. The number of hydrogen-bond donors (Lipinski definition) is 0. The Morgan fingerprint density at radius 3 is 2.00 bits per heavy atom. The average Bonchev–Trinajstić information content (AvgIpc) is 2.94. The van der Waals surface area contributed by atoms with E-state index in [1.54, 1.807) is 13.8 Å². The van der Waals surface area contributed by atoms with Crippen LogP contribution in [0.25, 0.3) is 0 Å². The fourth-order valence-corrected chi connectivity index (χ4v) is 2.40. The van der Waals surface area contributed by atoms with Gasteiger partial charge >= 0.3 is 11.9 Å². The molecule has 0 aromatic heterocycles. The van der Waals surface area contributed by atoms with Crippen molar-refractivity contribution in [1.29, 1.82) is 0 Å². The SMILES string of the molecule is CCOC(=O)C1(C(=O)OCC)C[C@H]1CBr. The molecule has 1 saturated carbocycles. The lowest BCUT2D eigenvalue weighted by atomic mass is 10.1. The van der Waals surface area contributed by atoms with Crippen LogP contribution in [0.1, 0.15) is 20.3 Å². The number of carbonyl (C=O) groups excluding carboxylic acids is 2. The highest BCUT2D eigenvalue weighted by Gasteiger charge is 2.67. The van der Waals surface area contributed by atoms with Crippen LogP contribution in [0, 0.1) is 11.3 Å². The smallest absolute Gasteiger partial charge is 0.323 e. The van der Waals surface area contributed by atoms with Crippen molar-refractivity contribution in [2.24, 2.45) is 11.3 Å². The van der Waals surface area contributed by atoms with Crippen LogP contribution in [-0.2, 0) is 19.1 Å². The quantitative estimate of drug-likeness (QED) is 0.435. The Morgan fingerprint density at radius 1 is 1.27 bits per heavy atom. The number of halogens is 1. The second-order valence-electron chi connectivity index (χ2n) is 3.47. The van der Waals surface area contributed by atoms with Gasteiger partial charge in [-0.05, 0) is 26.2 Å². The first-order valence-electron chi connectivity index (χ1n) is 5.03. The van der Waals surface area contributed by atoms with Crippen LogP contribution < -0.4 is 0 Å². The fraction of sp³-hybridized carbons (Fsp3) is 0.800. The van der Waals surface area contributed by atoms with Crippen molar-refractivity contribution in [1.82, 2.24) is 0 Å². The topological polar surface area (TPSA) is 52.6 Å². The molecule has 5 heteroatoms. The summed E-state index contributed by atoms with van der Waals surface area (Å²) in [6.45, 7) is 4.02. The Labute approximate surface area is 97.4 Å². The van der Waals surface area contributed by atoms with E-state index in [1.807, 2.05) is 0 Å². The molecule has 1 fully saturated rings. The van der Waals surface area contributed by atoms with Gasteiger partial charge in [-0.1, -0.05) is 15.9 Å². The van der Waals surface area contributed by atoms with Crippen LogP contribution in [0.4, 0.5) is 0 Å². The van der Waals surface area contributed by atoms with Gasteiger partial charge in [0.25, 0.3) is 0 Å². The van der Waals surface area contributed by atoms with Crippen LogP contribution in [-0.4, -0.2) is 30.5 Å². The summed E-state index contributed by atoms with van der Waals surface area (Å²) in [5.74, 6) is -0.892. The third-order valence-corrected chi connectivity index (χ3v) is 3.35. The molecule has 0 aromatic carbocycles. The molecule has 0 radical (unpaired) electrons. The minimum Gasteiger partial charge on any atom is -0.465 e. The van der Waals surface area contributed by atoms with E-state index in [0.29, 0.717) is 11.8 Å². The van der Waals surface area contributed by atoms with Gasteiger partial charge in [0, 0.05) is 5.33 Å². The third-order valence-electron chi connectivity index (χ3n) is 2.57. The van der Waals surface area contributed by atoms with Crippen molar-refractivity contribution < 1.29 is 19.1 Å². The molecule has 0 amide bonds. The number of ether oxygens (including phenoxy) is 2. The molecule has 0 aliphatic heterocycles. The molecule has 0 unspecified atom stereocenters. The first-order valence-corrected chi connectivity index (χ1v) is 6.16. The van der Waals surface area contributed by atoms with Crippen molar-refractivity contribution in [3.8, 4) is 0 Å². The monoisotopic (exact) mass is 278 g/mol. The lowest BCUT2D eigenvalue weighted by molar-refractivity contribution is -0.164. The number of rotatable bonds is 5. The van der Waals surface area contributed by atoms with Gasteiger partial charge < -0.3 is 9.47 Å². The number of alkyl halides is 1. The highest BCUT2D eigenvalue weighted by Crippen LogP contribution is 2.55. The van der Waals surface area contributed by atoms with E-state index in [-0.39, 0.29) is 19.1 Å². The highest BCUT2D eigenvalue weighted by molar-refractivity contribution is 9.09. The van der Waals surface area contributed by atoms with Crippen molar-refractivity contribution in [2.45, 2.75) is 20.3 Å². The van der Waals surface area contributed by atoms with E-state index < -0.39 is 17.4 Å². The predicted octanol–water partition coefficient (Wildman–Crippen LogP) is 1.51. The summed E-state index contributed by atoms with van der Waals surface area (Å²) in [7, 11) is 0. The van der Waals surface area contributed by atoms with Gasteiger partial charge in [0.15, 0.2) is 5.41 Å². The Bertz CT molecular complexity index is 246. The first-order chi connectivity index (χ1) is 7.13. The van der Waals surface area contributed by atoms with E-state index in [2.05, 4.69) is 15.9 Å². The third kappa shape index (κ3) is 2.17. The summed E-state index contributed by atoms with van der Waals surface area (Å²) < 4.78 is 9.82. The molecule has 1 aliphatic rings. The van der Waals surface area contributed by atoms with E-state index in [9.17, 15) is 9.59 Å². The van der Waals surface area contributed by atoms with Crippen LogP contribution >= 0.6 is 15.9 Å². The molecule has 0 heterocycles. The maximum absolute atomic E-state index is 11.7. The molecule has 4 nitrogen and oxygen atoms in total. The van der Waals surface area contributed by atoms with Gasteiger partial charge in [-0.15, -0.1) is 0 Å². The van der Waals surface area contributed by atoms with Crippen LogP contribution in [0.2, 0.25) is 0 Å². The van der Waals surface area contributed by atoms with E-state index >= 15 is 0 Å². The Hall–Kier alpha value is -0.580. The predicted molar refractivity (Wildman–Crippen MR) is 57.6 cm³/mol. The minimum atomic E-state index is -1.03. The zero-order valence-corrected chi connectivity index (χ0v) is 10.5. The molecule has 0 N–H and O–H groups in total. The summed E-state index contributed by atoms with van der Waals surface area (Å²) in [4.78, 5) is 23.3. The summed E-state index contributed by atoms with van der Waals surface area (Å²) >= 11 is 3.28. The van der Waals surface area contributed by atoms with Gasteiger partial charge in [0.2, 0.25) is 0 Å². The van der Waals surface area contributed by atoms with Gasteiger partial charge in [-0.3, -0.25) is 9.59 Å². The number of carbonyl (C=O) groups is 2. The highest BCUT2D eigenvalue weighted by atomic mass is 79.9. The van der Waals surface area contributed by atoms with E-state index in [0.717, 1.165) is 0 Å². The molecule has 0 aromatic rings. The van der Waals surface area contributed by atoms with Crippen molar-refractivity contribution in [3.63, 3.8) is 0 Å². The zero-order valence-electron chi connectivity index (χ0n) is 8.92. The van der Waals surface area contributed by atoms with Gasteiger partial charge in [-0.2, -0.15) is 0 Å². The zero-order chi connectivity index (χ0) is 11.5. The van der Waals surface area contributed by atoms with E-state index in [4.69, 9.17) is 9.47 Å².